The lowest BCUT2D eigenvalue weighted by Gasteiger charge is -2.16. The van der Waals surface area contributed by atoms with Crippen molar-refractivity contribution in [3.8, 4) is 0 Å². The predicted molar refractivity (Wildman–Crippen MR) is 67.1 cm³/mol. The van der Waals surface area contributed by atoms with Gasteiger partial charge in [0.1, 0.15) is 0 Å². The molecular weight excluding hydrogens is 296 g/mol. The van der Waals surface area contributed by atoms with E-state index in [0.29, 0.717) is 6.42 Å². The highest BCUT2D eigenvalue weighted by molar-refractivity contribution is 8.93. The van der Waals surface area contributed by atoms with Crippen molar-refractivity contribution in [2.75, 3.05) is 0 Å². The van der Waals surface area contributed by atoms with E-state index in [4.69, 9.17) is 0 Å². The maximum atomic E-state index is 9.47. The Hall–Kier alpha value is 0.140. The molecule has 0 bridgehead atoms. The molecule has 0 atom stereocenters. The molecule has 0 heterocycles. The van der Waals surface area contributed by atoms with Crippen LogP contribution in [-0.2, 0) is 6.42 Å². The zero-order chi connectivity index (χ0) is 8.32. The second-order valence-corrected chi connectivity index (χ2v) is 3.47. The van der Waals surface area contributed by atoms with Crippen LogP contribution in [0.1, 0.15) is 19.4 Å². The molecule has 1 N–H and O–H groups in total. The van der Waals surface area contributed by atoms with Crippen LogP contribution in [0.4, 0.5) is 0 Å². The lowest BCUT2D eigenvalue weighted by Crippen LogP contribution is -2.21. The van der Waals surface area contributed by atoms with Gasteiger partial charge in [-0.25, -0.2) is 0 Å². The van der Waals surface area contributed by atoms with E-state index >= 15 is 0 Å². The summed E-state index contributed by atoms with van der Waals surface area (Å²) in [6.45, 7) is 3.64. The van der Waals surface area contributed by atoms with Crippen molar-refractivity contribution < 1.29 is 5.11 Å². The Morgan fingerprint density at radius 1 is 1.08 bits per heavy atom. The summed E-state index contributed by atoms with van der Waals surface area (Å²) < 4.78 is 0. The Kier molecular flexibility index (Phi) is 7.89. The highest BCUT2D eigenvalue weighted by atomic mass is 79.9. The minimum Gasteiger partial charge on any atom is -0.390 e. The standard InChI is InChI=1S/C10H14O.2BrH/c1-10(2,11)8-9-6-4-3-5-7-9;;/h3-7,11H,8H2,1-2H3;2*1H. The maximum absolute atomic E-state index is 9.47. The van der Waals surface area contributed by atoms with Gasteiger partial charge in [0.25, 0.3) is 0 Å². The van der Waals surface area contributed by atoms with E-state index < -0.39 is 5.60 Å². The van der Waals surface area contributed by atoms with Crippen LogP contribution >= 0.6 is 34.0 Å². The van der Waals surface area contributed by atoms with E-state index in [-0.39, 0.29) is 34.0 Å². The normalized spacial score (nSPS) is 9.77. The summed E-state index contributed by atoms with van der Waals surface area (Å²) in [5.41, 5.74) is 0.585. The minimum atomic E-state index is -0.596. The first-order valence-electron chi connectivity index (χ1n) is 3.84. The van der Waals surface area contributed by atoms with Gasteiger partial charge in [0, 0.05) is 6.42 Å². The zero-order valence-corrected chi connectivity index (χ0v) is 11.3. The van der Waals surface area contributed by atoms with E-state index in [9.17, 15) is 5.11 Å². The first-order valence-corrected chi connectivity index (χ1v) is 3.84. The third-order valence-electron chi connectivity index (χ3n) is 1.48. The molecule has 1 nitrogen and oxygen atoms in total. The van der Waals surface area contributed by atoms with Gasteiger partial charge in [-0.1, -0.05) is 30.3 Å². The van der Waals surface area contributed by atoms with Gasteiger partial charge >= 0.3 is 0 Å². The Labute approximate surface area is 101 Å². The molecule has 1 aromatic carbocycles. The fraction of sp³-hybridized carbons (Fsp3) is 0.400. The van der Waals surface area contributed by atoms with Crippen LogP contribution in [0.25, 0.3) is 0 Å². The lowest BCUT2D eigenvalue weighted by atomic mass is 9.99. The summed E-state index contributed by atoms with van der Waals surface area (Å²) in [4.78, 5) is 0. The second kappa shape index (κ2) is 6.57. The third kappa shape index (κ3) is 7.23. The molecule has 0 aliphatic carbocycles. The Morgan fingerprint density at radius 2 is 1.54 bits per heavy atom. The average Bonchev–Trinajstić information content (AvgIpc) is 1.85. The number of aliphatic hydroxyl groups is 1. The molecule has 0 aromatic heterocycles. The molecule has 13 heavy (non-hydrogen) atoms. The van der Waals surface area contributed by atoms with E-state index in [2.05, 4.69) is 0 Å². The molecule has 76 valence electrons. The Balaban J connectivity index is 0. The number of benzene rings is 1. The van der Waals surface area contributed by atoms with Crippen LogP contribution in [0.2, 0.25) is 0 Å². The summed E-state index contributed by atoms with van der Waals surface area (Å²) >= 11 is 0. The molecule has 3 heteroatoms. The maximum Gasteiger partial charge on any atom is 0.0631 e. The molecule has 0 unspecified atom stereocenters. The summed E-state index contributed by atoms with van der Waals surface area (Å²) in [5, 5.41) is 9.47. The topological polar surface area (TPSA) is 20.2 Å². The van der Waals surface area contributed by atoms with Gasteiger partial charge < -0.3 is 5.11 Å². The lowest BCUT2D eigenvalue weighted by molar-refractivity contribution is 0.0810. The monoisotopic (exact) mass is 310 g/mol. The molecule has 0 saturated carbocycles. The average molecular weight is 312 g/mol. The fourth-order valence-corrected chi connectivity index (χ4v) is 1.10. The molecule has 1 rings (SSSR count). The van der Waals surface area contributed by atoms with Gasteiger partial charge in [0.15, 0.2) is 0 Å². The summed E-state index contributed by atoms with van der Waals surface area (Å²) in [6.07, 6.45) is 0.716. The van der Waals surface area contributed by atoms with Gasteiger partial charge in [-0.2, -0.15) is 0 Å². The quantitative estimate of drug-likeness (QED) is 0.889. The van der Waals surface area contributed by atoms with Crippen LogP contribution in [0, 0.1) is 0 Å². The van der Waals surface area contributed by atoms with Gasteiger partial charge in [0.2, 0.25) is 0 Å². The van der Waals surface area contributed by atoms with Crippen molar-refractivity contribution >= 4 is 34.0 Å². The van der Waals surface area contributed by atoms with Gasteiger partial charge in [-0.05, 0) is 19.4 Å². The van der Waals surface area contributed by atoms with E-state index in [1.165, 1.54) is 5.56 Å². The van der Waals surface area contributed by atoms with E-state index in [1.807, 2.05) is 44.2 Å². The van der Waals surface area contributed by atoms with Crippen molar-refractivity contribution in [3.63, 3.8) is 0 Å². The van der Waals surface area contributed by atoms with Crippen LogP contribution < -0.4 is 0 Å². The van der Waals surface area contributed by atoms with Gasteiger partial charge in [0.05, 0.1) is 5.60 Å². The molecule has 0 aliphatic rings. The Bertz CT molecular complexity index is 216. The number of halogens is 2. The van der Waals surface area contributed by atoms with Crippen molar-refractivity contribution in [2.24, 2.45) is 0 Å². The smallest absolute Gasteiger partial charge is 0.0631 e. The van der Waals surface area contributed by atoms with Gasteiger partial charge in [-0.15, -0.1) is 34.0 Å². The van der Waals surface area contributed by atoms with Gasteiger partial charge in [-0.3, -0.25) is 0 Å². The number of rotatable bonds is 2. The summed E-state index contributed by atoms with van der Waals surface area (Å²) in [5.74, 6) is 0. The summed E-state index contributed by atoms with van der Waals surface area (Å²) in [7, 11) is 0. The zero-order valence-electron chi connectivity index (χ0n) is 7.86. The molecule has 0 spiro atoms. The summed E-state index contributed by atoms with van der Waals surface area (Å²) in [6, 6.07) is 10.0. The van der Waals surface area contributed by atoms with E-state index in [1.54, 1.807) is 0 Å². The van der Waals surface area contributed by atoms with Crippen LogP contribution in [0.5, 0.6) is 0 Å². The molecule has 0 amide bonds. The predicted octanol–water partition coefficient (Wildman–Crippen LogP) is 3.16. The van der Waals surface area contributed by atoms with Crippen molar-refractivity contribution in [2.45, 2.75) is 25.9 Å². The minimum absolute atomic E-state index is 0. The van der Waals surface area contributed by atoms with Crippen molar-refractivity contribution in [3.05, 3.63) is 35.9 Å². The van der Waals surface area contributed by atoms with Crippen molar-refractivity contribution in [1.29, 1.82) is 0 Å². The Morgan fingerprint density at radius 3 is 1.92 bits per heavy atom. The highest BCUT2D eigenvalue weighted by Crippen LogP contribution is 2.10. The third-order valence-corrected chi connectivity index (χ3v) is 1.48. The molecule has 0 saturated heterocycles. The van der Waals surface area contributed by atoms with E-state index in [0.717, 1.165) is 0 Å². The molecule has 1 aromatic rings. The fourth-order valence-electron chi connectivity index (χ4n) is 1.10. The van der Waals surface area contributed by atoms with Crippen LogP contribution in [0.15, 0.2) is 30.3 Å². The number of hydrogen-bond acceptors (Lipinski definition) is 1. The van der Waals surface area contributed by atoms with Crippen LogP contribution in [0.3, 0.4) is 0 Å². The SMILES string of the molecule is Br.Br.CC(C)(O)Cc1ccccc1. The highest BCUT2D eigenvalue weighted by Gasteiger charge is 2.12. The van der Waals surface area contributed by atoms with Crippen molar-refractivity contribution in [1.82, 2.24) is 0 Å². The molecular formula is C10H16Br2O. The first-order chi connectivity index (χ1) is 5.08. The molecule has 0 fully saturated rings. The largest absolute Gasteiger partial charge is 0.390 e. The van der Waals surface area contributed by atoms with Crippen LogP contribution in [-0.4, -0.2) is 10.7 Å². The molecule has 0 radical (unpaired) electrons. The second-order valence-electron chi connectivity index (χ2n) is 3.47. The number of hydrogen-bond donors (Lipinski definition) is 1. The molecule has 0 aliphatic heterocycles. The first kappa shape index (κ1) is 15.6.